The van der Waals surface area contributed by atoms with Crippen molar-refractivity contribution in [1.29, 1.82) is 0 Å². The standard InChI is InChI=1S/C19H33N5.HI/c1-5-23-11-13-24(14-12-23)17(2)15-20-19(22(3)4)21-16-18-9-7-6-8-10-18;/h6-10,17H,5,11-16H2,1-4H3,(H,20,21);1H. The summed E-state index contributed by atoms with van der Waals surface area (Å²) in [6, 6.07) is 10.9. The van der Waals surface area contributed by atoms with E-state index in [-0.39, 0.29) is 24.0 Å². The lowest BCUT2D eigenvalue weighted by Gasteiger charge is -2.38. The van der Waals surface area contributed by atoms with Crippen molar-refractivity contribution in [2.24, 2.45) is 4.99 Å². The third-order valence-electron chi connectivity index (χ3n) is 4.71. The summed E-state index contributed by atoms with van der Waals surface area (Å²) in [5, 5.41) is 3.53. The van der Waals surface area contributed by atoms with Gasteiger partial charge in [-0.15, -0.1) is 24.0 Å². The predicted octanol–water partition coefficient (Wildman–Crippen LogP) is 2.34. The zero-order chi connectivity index (χ0) is 17.4. The van der Waals surface area contributed by atoms with E-state index >= 15 is 0 Å². The zero-order valence-corrected chi connectivity index (χ0v) is 18.4. The first-order valence-electron chi connectivity index (χ1n) is 9.06. The van der Waals surface area contributed by atoms with Gasteiger partial charge in [0.1, 0.15) is 0 Å². The topological polar surface area (TPSA) is 34.1 Å². The molecule has 1 aliphatic heterocycles. The number of rotatable bonds is 6. The molecule has 1 saturated heterocycles. The Labute approximate surface area is 170 Å². The van der Waals surface area contributed by atoms with Crippen molar-refractivity contribution < 1.29 is 0 Å². The van der Waals surface area contributed by atoms with Crippen molar-refractivity contribution in [3.05, 3.63) is 35.9 Å². The van der Waals surface area contributed by atoms with Gasteiger partial charge in [-0.3, -0.25) is 4.90 Å². The zero-order valence-electron chi connectivity index (χ0n) is 16.1. The van der Waals surface area contributed by atoms with Crippen LogP contribution in [0.25, 0.3) is 0 Å². The molecule has 142 valence electrons. The largest absolute Gasteiger partial charge is 0.355 e. The molecule has 0 bridgehead atoms. The fourth-order valence-corrected chi connectivity index (χ4v) is 2.99. The van der Waals surface area contributed by atoms with E-state index in [0.717, 1.165) is 32.1 Å². The summed E-state index contributed by atoms with van der Waals surface area (Å²) in [6.45, 7) is 12.0. The molecule has 1 fully saturated rings. The fraction of sp³-hybridized carbons (Fsp3) is 0.632. The number of nitrogens with zero attached hydrogens (tertiary/aromatic N) is 4. The van der Waals surface area contributed by atoms with Crippen molar-refractivity contribution in [2.75, 3.05) is 53.4 Å². The van der Waals surface area contributed by atoms with Crippen LogP contribution >= 0.6 is 24.0 Å². The van der Waals surface area contributed by atoms with Gasteiger partial charge >= 0.3 is 0 Å². The highest BCUT2D eigenvalue weighted by molar-refractivity contribution is 14.0. The average Bonchev–Trinajstić information content (AvgIpc) is 2.62. The first-order valence-corrected chi connectivity index (χ1v) is 9.06. The number of aliphatic imine (C=N–C) groups is 1. The Morgan fingerprint density at radius 2 is 1.80 bits per heavy atom. The van der Waals surface area contributed by atoms with Crippen LogP contribution in [0.5, 0.6) is 0 Å². The molecule has 1 N–H and O–H groups in total. The highest BCUT2D eigenvalue weighted by atomic mass is 127. The van der Waals surface area contributed by atoms with Gasteiger partial charge in [-0.05, 0) is 19.0 Å². The molecule has 25 heavy (non-hydrogen) atoms. The molecule has 1 atom stereocenters. The Kier molecular flexibility index (Phi) is 10.4. The first kappa shape index (κ1) is 22.2. The molecule has 0 saturated carbocycles. The van der Waals surface area contributed by atoms with Crippen molar-refractivity contribution in [1.82, 2.24) is 20.0 Å². The second-order valence-corrected chi connectivity index (χ2v) is 6.72. The van der Waals surface area contributed by atoms with E-state index in [9.17, 15) is 0 Å². The van der Waals surface area contributed by atoms with E-state index in [1.807, 2.05) is 20.2 Å². The van der Waals surface area contributed by atoms with Gasteiger partial charge in [-0.25, -0.2) is 4.99 Å². The van der Waals surface area contributed by atoms with E-state index in [4.69, 9.17) is 4.99 Å². The van der Waals surface area contributed by atoms with Gasteiger partial charge in [0, 0.05) is 52.9 Å². The van der Waals surface area contributed by atoms with Gasteiger partial charge in [-0.2, -0.15) is 0 Å². The van der Waals surface area contributed by atoms with E-state index in [1.165, 1.54) is 18.7 Å². The molecule has 0 spiro atoms. The number of hydrogen-bond acceptors (Lipinski definition) is 3. The number of benzene rings is 1. The summed E-state index contributed by atoms with van der Waals surface area (Å²) < 4.78 is 0. The maximum absolute atomic E-state index is 4.74. The van der Waals surface area contributed by atoms with Crippen molar-refractivity contribution in [3.8, 4) is 0 Å². The highest BCUT2D eigenvalue weighted by Gasteiger charge is 2.20. The number of hydrogen-bond donors (Lipinski definition) is 1. The van der Waals surface area contributed by atoms with E-state index < -0.39 is 0 Å². The molecule has 5 nitrogen and oxygen atoms in total. The van der Waals surface area contributed by atoms with Gasteiger partial charge in [0.15, 0.2) is 5.96 Å². The van der Waals surface area contributed by atoms with Crippen LogP contribution in [0.4, 0.5) is 0 Å². The average molecular weight is 459 g/mol. The monoisotopic (exact) mass is 459 g/mol. The summed E-state index contributed by atoms with van der Waals surface area (Å²) in [5.41, 5.74) is 1.24. The fourth-order valence-electron chi connectivity index (χ4n) is 2.99. The van der Waals surface area contributed by atoms with Crippen LogP contribution in [0, 0.1) is 0 Å². The predicted molar refractivity (Wildman–Crippen MR) is 118 cm³/mol. The molecule has 0 aromatic heterocycles. The molecular weight excluding hydrogens is 425 g/mol. The second-order valence-electron chi connectivity index (χ2n) is 6.72. The minimum absolute atomic E-state index is 0. The second kappa shape index (κ2) is 11.7. The maximum Gasteiger partial charge on any atom is 0.193 e. The Morgan fingerprint density at radius 3 is 2.36 bits per heavy atom. The van der Waals surface area contributed by atoms with Gasteiger partial charge in [0.05, 0.1) is 6.54 Å². The molecule has 1 heterocycles. The number of halogens is 1. The van der Waals surface area contributed by atoms with E-state index in [2.05, 4.69) is 58.1 Å². The Balaban J connectivity index is 0.00000312. The summed E-state index contributed by atoms with van der Waals surface area (Å²) >= 11 is 0. The van der Waals surface area contributed by atoms with Crippen molar-refractivity contribution in [2.45, 2.75) is 26.4 Å². The highest BCUT2D eigenvalue weighted by Crippen LogP contribution is 2.06. The minimum Gasteiger partial charge on any atom is -0.355 e. The molecule has 1 aromatic carbocycles. The number of piperazine rings is 1. The van der Waals surface area contributed by atoms with E-state index in [0.29, 0.717) is 12.6 Å². The quantitative estimate of drug-likeness (QED) is 0.403. The molecule has 0 aliphatic carbocycles. The number of nitrogens with one attached hydrogen (secondary N) is 1. The Bertz CT molecular complexity index is 498. The summed E-state index contributed by atoms with van der Waals surface area (Å²) in [6.07, 6.45) is 0. The number of likely N-dealkylation sites (N-methyl/N-ethyl adjacent to an activating group) is 1. The molecule has 2 rings (SSSR count). The van der Waals surface area contributed by atoms with Gasteiger partial charge in [-0.1, -0.05) is 37.3 Å². The van der Waals surface area contributed by atoms with Crippen LogP contribution in [0.3, 0.4) is 0 Å². The summed E-state index contributed by atoms with van der Waals surface area (Å²) in [5.74, 6) is 0.956. The summed E-state index contributed by atoms with van der Waals surface area (Å²) in [4.78, 5) is 11.9. The molecule has 1 aromatic rings. The maximum atomic E-state index is 4.74. The van der Waals surface area contributed by atoms with E-state index in [1.54, 1.807) is 0 Å². The van der Waals surface area contributed by atoms with Gasteiger partial charge < -0.3 is 15.1 Å². The first-order chi connectivity index (χ1) is 11.6. The third kappa shape index (κ3) is 7.50. The molecular formula is C19H34IN5. The molecule has 1 unspecified atom stereocenters. The minimum atomic E-state index is 0. The van der Waals surface area contributed by atoms with Crippen LogP contribution in [0.15, 0.2) is 35.3 Å². The molecule has 0 radical (unpaired) electrons. The number of guanidine groups is 1. The van der Waals surface area contributed by atoms with Gasteiger partial charge in [0.25, 0.3) is 0 Å². The molecule has 1 aliphatic rings. The molecule has 6 heteroatoms. The van der Waals surface area contributed by atoms with Crippen LogP contribution in [-0.2, 0) is 6.54 Å². The third-order valence-corrected chi connectivity index (χ3v) is 4.71. The SMILES string of the molecule is CCN1CCN(C(C)CNC(=NCc2ccccc2)N(C)C)CC1.I. The molecule has 0 amide bonds. The van der Waals surface area contributed by atoms with Crippen LogP contribution in [-0.4, -0.2) is 80.1 Å². The van der Waals surface area contributed by atoms with Crippen LogP contribution in [0.1, 0.15) is 19.4 Å². The lowest BCUT2D eigenvalue weighted by atomic mass is 10.2. The van der Waals surface area contributed by atoms with Crippen LogP contribution in [0.2, 0.25) is 0 Å². The lowest BCUT2D eigenvalue weighted by Crippen LogP contribution is -2.53. The smallest absolute Gasteiger partial charge is 0.193 e. The van der Waals surface area contributed by atoms with Crippen molar-refractivity contribution >= 4 is 29.9 Å². The van der Waals surface area contributed by atoms with Crippen molar-refractivity contribution in [3.63, 3.8) is 0 Å². The lowest BCUT2D eigenvalue weighted by molar-refractivity contribution is 0.107. The normalized spacial score (nSPS) is 17.7. The van der Waals surface area contributed by atoms with Crippen LogP contribution < -0.4 is 5.32 Å². The summed E-state index contributed by atoms with van der Waals surface area (Å²) in [7, 11) is 4.09. The Hall–Kier alpha value is -0.860. The Morgan fingerprint density at radius 1 is 1.16 bits per heavy atom. The van der Waals surface area contributed by atoms with Gasteiger partial charge in [0.2, 0.25) is 0 Å².